The summed E-state index contributed by atoms with van der Waals surface area (Å²) in [6.45, 7) is 0. The van der Waals surface area contributed by atoms with Crippen LogP contribution in [0.1, 0.15) is 0 Å². The Kier molecular flexibility index (Phi) is 2.71. The highest BCUT2D eigenvalue weighted by Gasteiger charge is 1.93. The molecule has 0 aliphatic carbocycles. The first-order valence-corrected chi connectivity index (χ1v) is 3.36. The third kappa shape index (κ3) is 2.00. The first-order chi connectivity index (χ1) is 4.83. The van der Waals surface area contributed by atoms with Crippen molar-refractivity contribution < 1.29 is 9.68 Å². The van der Waals surface area contributed by atoms with Crippen molar-refractivity contribution in [2.45, 2.75) is 0 Å². The Labute approximate surface area is 67.5 Å². The van der Waals surface area contributed by atoms with Crippen LogP contribution in [-0.2, 0) is 0 Å². The van der Waals surface area contributed by atoms with E-state index in [9.17, 15) is 0 Å². The van der Waals surface area contributed by atoms with Crippen LogP contribution in [0.3, 0.4) is 0 Å². The summed E-state index contributed by atoms with van der Waals surface area (Å²) in [4.78, 5) is 3.81. The van der Waals surface area contributed by atoms with Crippen molar-refractivity contribution in [3.05, 3.63) is 22.8 Å². The monoisotopic (exact) mass is 200 g/mol. The topological polar surface area (TPSA) is 42.4 Å². The van der Waals surface area contributed by atoms with Crippen molar-refractivity contribution in [2.75, 3.05) is 0 Å². The largest absolute Gasteiger partial charge is 0.570 e. The SMILES string of the molecule is O[B]Oc1ccc(Br)cn1. The molecule has 1 N–H and O–H groups in total. The molecule has 0 amide bonds. The van der Waals surface area contributed by atoms with Crippen LogP contribution < -0.4 is 4.65 Å². The van der Waals surface area contributed by atoms with Crippen LogP contribution in [0.4, 0.5) is 0 Å². The number of hydrogen-bond acceptors (Lipinski definition) is 3. The van der Waals surface area contributed by atoms with Crippen molar-refractivity contribution in [3.63, 3.8) is 0 Å². The molecule has 1 aromatic heterocycles. The average molecular weight is 201 g/mol. The molecule has 51 valence electrons. The average Bonchev–Trinajstić information content (AvgIpc) is 1.95. The summed E-state index contributed by atoms with van der Waals surface area (Å²) in [6.07, 6.45) is 1.58. The van der Waals surface area contributed by atoms with E-state index in [0.29, 0.717) is 13.6 Å². The molecular weight excluding hydrogens is 197 g/mol. The molecule has 0 aliphatic rings. The molecule has 10 heavy (non-hydrogen) atoms. The summed E-state index contributed by atoms with van der Waals surface area (Å²) in [7, 11) is 0.593. The van der Waals surface area contributed by atoms with E-state index in [1.54, 1.807) is 18.3 Å². The maximum absolute atomic E-state index is 8.19. The van der Waals surface area contributed by atoms with Gasteiger partial charge in [-0.1, -0.05) is 0 Å². The lowest BCUT2D eigenvalue weighted by atomic mass is 10.4. The van der Waals surface area contributed by atoms with Gasteiger partial charge in [-0.25, -0.2) is 4.98 Å². The van der Waals surface area contributed by atoms with E-state index >= 15 is 0 Å². The minimum Gasteiger partial charge on any atom is -0.523 e. The van der Waals surface area contributed by atoms with E-state index in [-0.39, 0.29) is 0 Å². The molecule has 1 heterocycles. The normalized spacial score (nSPS) is 9.00. The Morgan fingerprint density at radius 3 is 2.90 bits per heavy atom. The van der Waals surface area contributed by atoms with E-state index in [0.717, 1.165) is 4.47 Å². The quantitative estimate of drug-likeness (QED) is 0.717. The van der Waals surface area contributed by atoms with Crippen molar-refractivity contribution in [1.82, 2.24) is 4.98 Å². The summed E-state index contributed by atoms with van der Waals surface area (Å²) in [5.41, 5.74) is 0. The molecule has 0 bridgehead atoms. The van der Waals surface area contributed by atoms with Crippen LogP contribution in [-0.4, -0.2) is 17.7 Å². The third-order valence-electron chi connectivity index (χ3n) is 0.874. The fourth-order valence-electron chi connectivity index (χ4n) is 0.486. The summed E-state index contributed by atoms with van der Waals surface area (Å²) in [5, 5.41) is 8.19. The molecular formula is C5H4BBrNO2. The molecule has 0 atom stereocenters. The highest BCUT2D eigenvalue weighted by molar-refractivity contribution is 9.10. The number of hydrogen-bond donors (Lipinski definition) is 1. The summed E-state index contributed by atoms with van der Waals surface area (Å²) in [6, 6.07) is 3.41. The van der Waals surface area contributed by atoms with Crippen LogP contribution in [0, 0.1) is 0 Å². The van der Waals surface area contributed by atoms with Gasteiger partial charge >= 0.3 is 7.69 Å². The zero-order valence-corrected chi connectivity index (χ0v) is 6.58. The molecule has 0 saturated heterocycles. The third-order valence-corrected chi connectivity index (χ3v) is 1.34. The van der Waals surface area contributed by atoms with Gasteiger partial charge in [-0.3, -0.25) is 0 Å². The minimum absolute atomic E-state index is 0.366. The summed E-state index contributed by atoms with van der Waals surface area (Å²) in [5.74, 6) is 0.366. The Bertz CT molecular complexity index is 203. The van der Waals surface area contributed by atoms with Gasteiger partial charge in [0.05, 0.1) is 0 Å². The molecule has 0 aromatic carbocycles. The van der Waals surface area contributed by atoms with Crippen molar-refractivity contribution in [1.29, 1.82) is 0 Å². The number of pyridine rings is 1. The second-order valence-electron chi connectivity index (χ2n) is 1.54. The summed E-state index contributed by atoms with van der Waals surface area (Å²) < 4.78 is 5.43. The first-order valence-electron chi connectivity index (χ1n) is 2.57. The Morgan fingerprint density at radius 1 is 1.60 bits per heavy atom. The lowest BCUT2D eigenvalue weighted by Crippen LogP contribution is -2.00. The standard InChI is InChI=1S/C5H4BBrNO2/c7-4-1-2-5(8-3-4)10-6-9/h1-3,9H. The van der Waals surface area contributed by atoms with Gasteiger partial charge in [0.1, 0.15) is 0 Å². The van der Waals surface area contributed by atoms with E-state index < -0.39 is 0 Å². The molecule has 1 rings (SSSR count). The molecule has 0 spiro atoms. The number of nitrogens with zero attached hydrogens (tertiary/aromatic N) is 1. The zero-order valence-electron chi connectivity index (χ0n) is 4.99. The lowest BCUT2D eigenvalue weighted by Gasteiger charge is -1.97. The van der Waals surface area contributed by atoms with Crippen LogP contribution in [0.2, 0.25) is 0 Å². The van der Waals surface area contributed by atoms with Gasteiger partial charge in [0, 0.05) is 10.7 Å². The Hall–Kier alpha value is -0.545. The van der Waals surface area contributed by atoms with Crippen molar-refractivity contribution in [2.24, 2.45) is 0 Å². The van der Waals surface area contributed by atoms with Crippen LogP contribution in [0.25, 0.3) is 0 Å². The fraction of sp³-hybridized carbons (Fsp3) is 0. The van der Waals surface area contributed by atoms with E-state index in [1.165, 1.54) is 0 Å². The van der Waals surface area contributed by atoms with Gasteiger partial charge < -0.3 is 9.68 Å². The predicted octanol–water partition coefficient (Wildman–Crippen LogP) is 0.749. The molecule has 0 aliphatic heterocycles. The number of aromatic nitrogens is 1. The minimum atomic E-state index is 0.366. The van der Waals surface area contributed by atoms with E-state index in [1.807, 2.05) is 0 Å². The zero-order chi connectivity index (χ0) is 7.40. The molecule has 5 heteroatoms. The van der Waals surface area contributed by atoms with Crippen molar-refractivity contribution in [3.8, 4) is 5.88 Å². The van der Waals surface area contributed by atoms with Gasteiger partial charge in [-0.2, -0.15) is 0 Å². The van der Waals surface area contributed by atoms with Gasteiger partial charge in [-0.05, 0) is 28.1 Å². The highest BCUT2D eigenvalue weighted by Crippen LogP contribution is 2.11. The van der Waals surface area contributed by atoms with Gasteiger partial charge in [0.15, 0.2) is 5.88 Å². The first kappa shape index (κ1) is 7.56. The van der Waals surface area contributed by atoms with Gasteiger partial charge in [-0.15, -0.1) is 0 Å². The highest BCUT2D eigenvalue weighted by atomic mass is 79.9. The van der Waals surface area contributed by atoms with E-state index in [2.05, 4.69) is 25.6 Å². The van der Waals surface area contributed by atoms with Crippen LogP contribution >= 0.6 is 15.9 Å². The smallest absolute Gasteiger partial charge is 0.523 e. The maximum Gasteiger partial charge on any atom is 0.570 e. The predicted molar refractivity (Wildman–Crippen MR) is 40.5 cm³/mol. The maximum atomic E-state index is 8.19. The fourth-order valence-corrected chi connectivity index (χ4v) is 0.721. The molecule has 3 nitrogen and oxygen atoms in total. The van der Waals surface area contributed by atoms with Crippen molar-refractivity contribution >= 4 is 23.6 Å². The molecule has 0 fully saturated rings. The molecule has 1 aromatic rings. The Balaban J connectivity index is 2.69. The molecule has 0 unspecified atom stereocenters. The lowest BCUT2D eigenvalue weighted by molar-refractivity contribution is 0.443. The Morgan fingerprint density at radius 2 is 2.40 bits per heavy atom. The number of halogens is 1. The molecule has 0 saturated carbocycles. The second kappa shape index (κ2) is 3.58. The summed E-state index contributed by atoms with van der Waals surface area (Å²) >= 11 is 3.21. The number of rotatable bonds is 2. The van der Waals surface area contributed by atoms with E-state index in [4.69, 9.17) is 5.02 Å². The van der Waals surface area contributed by atoms with Gasteiger partial charge in [0.25, 0.3) is 0 Å². The van der Waals surface area contributed by atoms with Gasteiger partial charge in [0.2, 0.25) is 0 Å². The molecule has 1 radical (unpaired) electrons. The second-order valence-corrected chi connectivity index (χ2v) is 2.45. The van der Waals surface area contributed by atoms with Crippen LogP contribution in [0.5, 0.6) is 5.88 Å². The van der Waals surface area contributed by atoms with Crippen LogP contribution in [0.15, 0.2) is 22.8 Å².